The highest BCUT2D eigenvalue weighted by Gasteiger charge is 2.48. The van der Waals surface area contributed by atoms with Gasteiger partial charge in [-0.1, -0.05) is 6.07 Å². The second-order valence-electron chi connectivity index (χ2n) is 7.74. The van der Waals surface area contributed by atoms with Crippen molar-refractivity contribution in [1.82, 2.24) is 19.8 Å². The quantitative estimate of drug-likeness (QED) is 0.811. The maximum atomic E-state index is 13.1. The highest BCUT2D eigenvalue weighted by molar-refractivity contribution is 7.91. The van der Waals surface area contributed by atoms with Crippen LogP contribution in [0.5, 0.6) is 0 Å². The lowest BCUT2D eigenvalue weighted by molar-refractivity contribution is 0.0684. The first-order valence-corrected chi connectivity index (χ1v) is 11.8. The van der Waals surface area contributed by atoms with Crippen LogP contribution in [0, 0.1) is 5.92 Å². The molecule has 3 aliphatic rings. The van der Waals surface area contributed by atoms with Gasteiger partial charge in [0.1, 0.15) is 4.21 Å². The summed E-state index contributed by atoms with van der Waals surface area (Å²) in [6.45, 7) is 0.600. The Morgan fingerprint density at radius 3 is 2.89 bits per heavy atom. The van der Waals surface area contributed by atoms with Gasteiger partial charge in [-0.05, 0) is 55.9 Å². The minimum absolute atomic E-state index is 0.00136. The van der Waals surface area contributed by atoms with Gasteiger partial charge in [-0.25, -0.2) is 13.1 Å². The number of carbonyl (C=O) groups excluding carboxylic acids is 1. The molecule has 2 aliphatic carbocycles. The molecule has 7 nitrogen and oxygen atoms in total. The number of carbonyl (C=O) groups is 1. The number of aromatic nitrogens is 2. The Kier molecular flexibility index (Phi) is 4.14. The standard InChI is InChI=1S/C18H22N4O3S2/c23-18(17-13-4-1-2-5-14(13)19-20-17)22-10-11-8-12(22)9-15(11)21-27(24,25)16-6-3-7-26-16/h3,6-7,11-12,15,21H,1-2,4-5,8-10H2,(H,19,20). The maximum Gasteiger partial charge on any atom is 0.274 e. The van der Waals surface area contributed by atoms with Crippen LogP contribution >= 0.6 is 11.3 Å². The van der Waals surface area contributed by atoms with Crippen LogP contribution in [0.4, 0.5) is 0 Å². The molecule has 0 aromatic carbocycles. The number of likely N-dealkylation sites (tertiary alicyclic amines) is 1. The molecule has 2 aromatic rings. The minimum Gasteiger partial charge on any atom is -0.334 e. The second-order valence-corrected chi connectivity index (χ2v) is 10.6. The monoisotopic (exact) mass is 406 g/mol. The van der Waals surface area contributed by atoms with Crippen molar-refractivity contribution < 1.29 is 13.2 Å². The van der Waals surface area contributed by atoms with Crippen molar-refractivity contribution in [1.29, 1.82) is 0 Å². The van der Waals surface area contributed by atoms with E-state index in [4.69, 9.17) is 0 Å². The fraction of sp³-hybridized carbons (Fsp3) is 0.556. The van der Waals surface area contributed by atoms with E-state index in [1.807, 2.05) is 4.90 Å². The van der Waals surface area contributed by atoms with Gasteiger partial charge in [0.05, 0.1) is 0 Å². The molecule has 1 saturated heterocycles. The van der Waals surface area contributed by atoms with Crippen LogP contribution < -0.4 is 4.72 Å². The van der Waals surface area contributed by atoms with E-state index in [1.165, 1.54) is 11.3 Å². The van der Waals surface area contributed by atoms with E-state index in [0.717, 1.165) is 43.4 Å². The van der Waals surface area contributed by atoms with Crippen LogP contribution in [0.3, 0.4) is 0 Å². The summed E-state index contributed by atoms with van der Waals surface area (Å²) >= 11 is 1.22. The molecular weight excluding hydrogens is 384 g/mol. The van der Waals surface area contributed by atoms with Crippen molar-refractivity contribution in [2.45, 2.75) is 54.8 Å². The predicted octanol–water partition coefficient (Wildman–Crippen LogP) is 1.93. The Balaban J connectivity index is 1.29. The summed E-state index contributed by atoms with van der Waals surface area (Å²) in [4.78, 5) is 15.0. The summed E-state index contributed by atoms with van der Waals surface area (Å²) < 4.78 is 28.2. The van der Waals surface area contributed by atoms with E-state index < -0.39 is 10.0 Å². The molecule has 3 atom stereocenters. The maximum absolute atomic E-state index is 13.1. The molecule has 0 radical (unpaired) electrons. The number of hydrogen-bond acceptors (Lipinski definition) is 5. The van der Waals surface area contributed by atoms with E-state index in [-0.39, 0.29) is 23.9 Å². The van der Waals surface area contributed by atoms with Crippen molar-refractivity contribution in [3.63, 3.8) is 0 Å². The van der Waals surface area contributed by atoms with Crippen LogP contribution in [0.15, 0.2) is 21.7 Å². The normalized spacial score (nSPS) is 27.1. The Hall–Kier alpha value is -1.71. The van der Waals surface area contributed by atoms with Crippen molar-refractivity contribution >= 4 is 27.3 Å². The summed E-state index contributed by atoms with van der Waals surface area (Å²) in [7, 11) is -3.47. The number of aryl methyl sites for hydroxylation is 1. The third-order valence-corrected chi connectivity index (χ3v) is 9.02. The Morgan fingerprint density at radius 2 is 2.15 bits per heavy atom. The molecule has 1 aliphatic heterocycles. The van der Waals surface area contributed by atoms with Gasteiger partial charge in [-0.3, -0.25) is 9.89 Å². The number of hydrogen-bond donors (Lipinski definition) is 2. The molecule has 3 heterocycles. The van der Waals surface area contributed by atoms with Gasteiger partial charge in [0.25, 0.3) is 5.91 Å². The van der Waals surface area contributed by atoms with Gasteiger partial charge in [0.15, 0.2) is 5.69 Å². The highest BCUT2D eigenvalue weighted by atomic mass is 32.2. The summed E-state index contributed by atoms with van der Waals surface area (Å²) in [5, 5.41) is 9.12. The molecule has 3 unspecified atom stereocenters. The van der Waals surface area contributed by atoms with E-state index in [2.05, 4.69) is 14.9 Å². The molecule has 2 bridgehead atoms. The van der Waals surface area contributed by atoms with E-state index in [1.54, 1.807) is 17.5 Å². The lowest BCUT2D eigenvalue weighted by Gasteiger charge is -2.31. The number of nitrogens with one attached hydrogen (secondary N) is 2. The number of amides is 1. The zero-order valence-electron chi connectivity index (χ0n) is 14.8. The number of thiophene rings is 1. The summed E-state index contributed by atoms with van der Waals surface area (Å²) in [5.74, 6) is 0.171. The molecule has 2 aromatic heterocycles. The summed E-state index contributed by atoms with van der Waals surface area (Å²) in [5.41, 5.74) is 2.77. The molecule has 9 heteroatoms. The van der Waals surface area contributed by atoms with Gasteiger partial charge >= 0.3 is 0 Å². The molecule has 144 valence electrons. The smallest absolute Gasteiger partial charge is 0.274 e. The Labute approximate surface area is 162 Å². The zero-order valence-corrected chi connectivity index (χ0v) is 16.5. The van der Waals surface area contributed by atoms with Crippen molar-refractivity contribution in [2.75, 3.05) is 6.54 Å². The average molecular weight is 407 g/mol. The molecule has 5 rings (SSSR count). The van der Waals surface area contributed by atoms with Crippen LogP contribution in [0.25, 0.3) is 0 Å². The highest BCUT2D eigenvalue weighted by Crippen LogP contribution is 2.39. The van der Waals surface area contributed by atoms with E-state index in [9.17, 15) is 13.2 Å². The third-order valence-electron chi connectivity index (χ3n) is 6.13. The average Bonchev–Trinajstić information content (AvgIpc) is 3.42. The van der Waals surface area contributed by atoms with Gasteiger partial charge in [0.2, 0.25) is 10.0 Å². The lowest BCUT2D eigenvalue weighted by Crippen LogP contribution is -2.47. The fourth-order valence-electron chi connectivity index (χ4n) is 4.81. The predicted molar refractivity (Wildman–Crippen MR) is 101 cm³/mol. The van der Waals surface area contributed by atoms with Crippen LogP contribution in [0.2, 0.25) is 0 Å². The second kappa shape index (κ2) is 6.42. The molecule has 27 heavy (non-hydrogen) atoms. The van der Waals surface area contributed by atoms with Crippen molar-refractivity contribution in [2.24, 2.45) is 5.92 Å². The van der Waals surface area contributed by atoms with Crippen molar-refractivity contribution in [3.05, 3.63) is 34.5 Å². The fourth-order valence-corrected chi connectivity index (χ4v) is 7.14. The Morgan fingerprint density at radius 1 is 1.30 bits per heavy atom. The molecule has 1 amide bonds. The molecule has 1 saturated carbocycles. The summed E-state index contributed by atoms with van der Waals surface area (Å²) in [6.07, 6.45) is 5.66. The van der Waals surface area contributed by atoms with Crippen molar-refractivity contribution in [3.8, 4) is 0 Å². The Bertz CT molecular complexity index is 967. The number of nitrogens with zero attached hydrogens (tertiary/aromatic N) is 2. The van der Waals surface area contributed by atoms with E-state index in [0.29, 0.717) is 22.9 Å². The van der Waals surface area contributed by atoms with Gasteiger partial charge in [-0.15, -0.1) is 11.3 Å². The topological polar surface area (TPSA) is 95.2 Å². The number of fused-ring (bicyclic) bond motifs is 3. The van der Waals surface area contributed by atoms with Crippen LogP contribution in [0.1, 0.15) is 47.4 Å². The van der Waals surface area contributed by atoms with Gasteiger partial charge < -0.3 is 4.90 Å². The zero-order chi connectivity index (χ0) is 18.6. The molecular formula is C18H22N4O3S2. The number of aromatic amines is 1. The first-order valence-electron chi connectivity index (χ1n) is 9.46. The molecule has 0 spiro atoms. The largest absolute Gasteiger partial charge is 0.334 e. The first-order chi connectivity index (χ1) is 13.0. The minimum atomic E-state index is -3.47. The third kappa shape index (κ3) is 2.92. The van der Waals surface area contributed by atoms with Gasteiger partial charge in [-0.2, -0.15) is 5.10 Å². The number of rotatable bonds is 4. The SMILES string of the molecule is O=C(c1n[nH]c2c1CCCC2)N1CC2CC1CC2NS(=O)(=O)c1cccs1. The lowest BCUT2D eigenvalue weighted by atomic mass is 9.95. The number of H-pyrrole nitrogens is 1. The van der Waals surface area contributed by atoms with Crippen LogP contribution in [-0.4, -0.2) is 48.1 Å². The first kappa shape index (κ1) is 17.4. The van der Waals surface area contributed by atoms with Crippen LogP contribution in [-0.2, 0) is 22.9 Å². The number of sulfonamides is 1. The van der Waals surface area contributed by atoms with E-state index >= 15 is 0 Å². The van der Waals surface area contributed by atoms with Gasteiger partial charge in [0, 0.05) is 29.9 Å². The summed E-state index contributed by atoms with van der Waals surface area (Å²) in [6, 6.07) is 3.36. The molecule has 2 N–H and O–H groups in total. The number of piperidine rings is 1. The molecule has 2 fully saturated rings.